The van der Waals surface area contributed by atoms with E-state index in [9.17, 15) is 19.8 Å². The Morgan fingerprint density at radius 1 is 0.370 bits per heavy atom. The van der Waals surface area contributed by atoms with Crippen molar-refractivity contribution in [2.45, 2.75) is 366 Å². The molecule has 0 aliphatic rings. The van der Waals surface area contributed by atoms with Gasteiger partial charge in [0.05, 0.1) is 25.4 Å². The highest BCUT2D eigenvalue weighted by atomic mass is 16.5. The zero-order valence-electron chi connectivity index (χ0n) is 49.1. The Hall–Kier alpha value is -1.92. The summed E-state index contributed by atoms with van der Waals surface area (Å²) >= 11 is 0. The SMILES string of the molecule is CCCCCCCC/C=C\CCCCCCCC(=O)OCCCCCCCCCCCCCC/C=C\CCCCCCCCCCC(=O)NC(CO)C(O)/C=C/CCCCCCCCCCCCCCCCC. The predicted octanol–water partition coefficient (Wildman–Crippen LogP) is 20.8. The zero-order chi connectivity index (χ0) is 52.9. The van der Waals surface area contributed by atoms with Crippen LogP contribution in [0.15, 0.2) is 36.5 Å². The lowest BCUT2D eigenvalue weighted by Gasteiger charge is -2.20. The molecular formula is C67H127NO5. The number of nitrogens with one attached hydrogen (secondary N) is 1. The number of hydrogen-bond acceptors (Lipinski definition) is 5. The predicted molar refractivity (Wildman–Crippen MR) is 319 cm³/mol. The molecule has 1 amide bonds. The Balaban J connectivity index is 3.43. The molecule has 0 fully saturated rings. The number of rotatable bonds is 61. The molecule has 0 rings (SSSR count). The smallest absolute Gasteiger partial charge is 0.305 e. The number of esters is 1. The molecule has 0 aliphatic heterocycles. The van der Waals surface area contributed by atoms with Gasteiger partial charge in [-0.05, 0) is 83.5 Å². The minimum atomic E-state index is -0.848. The molecule has 0 aromatic rings. The van der Waals surface area contributed by atoms with Crippen molar-refractivity contribution in [1.29, 1.82) is 0 Å². The van der Waals surface area contributed by atoms with Gasteiger partial charge in [-0.2, -0.15) is 0 Å². The van der Waals surface area contributed by atoms with Gasteiger partial charge in [0.1, 0.15) is 0 Å². The van der Waals surface area contributed by atoms with E-state index in [1.54, 1.807) is 6.08 Å². The van der Waals surface area contributed by atoms with Crippen molar-refractivity contribution in [2.75, 3.05) is 13.2 Å². The molecule has 0 aliphatic carbocycles. The summed E-state index contributed by atoms with van der Waals surface area (Å²) in [6.45, 7) is 4.91. The van der Waals surface area contributed by atoms with Crippen molar-refractivity contribution in [3.05, 3.63) is 36.5 Å². The third-order valence-electron chi connectivity index (χ3n) is 15.1. The number of hydrogen-bond donors (Lipinski definition) is 3. The van der Waals surface area contributed by atoms with Crippen LogP contribution in [-0.4, -0.2) is 47.4 Å². The van der Waals surface area contributed by atoms with Crippen molar-refractivity contribution in [2.24, 2.45) is 0 Å². The summed E-state index contributed by atoms with van der Waals surface area (Å²) in [4.78, 5) is 24.5. The third kappa shape index (κ3) is 59.2. The molecule has 430 valence electrons. The molecule has 2 atom stereocenters. The minimum absolute atomic E-state index is 0.00430. The van der Waals surface area contributed by atoms with E-state index in [2.05, 4.69) is 43.5 Å². The van der Waals surface area contributed by atoms with Crippen molar-refractivity contribution in [3.8, 4) is 0 Å². The fourth-order valence-corrected chi connectivity index (χ4v) is 10.1. The van der Waals surface area contributed by atoms with Crippen molar-refractivity contribution < 1.29 is 24.5 Å². The molecule has 0 aromatic carbocycles. The number of carbonyl (C=O) groups is 2. The zero-order valence-corrected chi connectivity index (χ0v) is 49.1. The summed E-state index contributed by atoms with van der Waals surface area (Å²) < 4.78 is 5.48. The Morgan fingerprint density at radius 3 is 0.973 bits per heavy atom. The highest BCUT2D eigenvalue weighted by molar-refractivity contribution is 5.76. The summed E-state index contributed by atoms with van der Waals surface area (Å²) in [7, 11) is 0. The maximum Gasteiger partial charge on any atom is 0.305 e. The van der Waals surface area contributed by atoms with E-state index < -0.39 is 12.1 Å². The van der Waals surface area contributed by atoms with Crippen molar-refractivity contribution in [3.63, 3.8) is 0 Å². The first-order valence-electron chi connectivity index (χ1n) is 32.8. The highest BCUT2D eigenvalue weighted by Gasteiger charge is 2.18. The fourth-order valence-electron chi connectivity index (χ4n) is 10.1. The lowest BCUT2D eigenvalue weighted by Crippen LogP contribution is -2.45. The van der Waals surface area contributed by atoms with Crippen LogP contribution >= 0.6 is 0 Å². The molecule has 0 aromatic heterocycles. The second-order valence-corrected chi connectivity index (χ2v) is 22.4. The molecular weight excluding hydrogens is 899 g/mol. The van der Waals surface area contributed by atoms with E-state index in [1.165, 1.54) is 283 Å². The normalized spacial score (nSPS) is 12.8. The topological polar surface area (TPSA) is 95.9 Å². The van der Waals surface area contributed by atoms with Gasteiger partial charge in [0.25, 0.3) is 0 Å². The molecule has 73 heavy (non-hydrogen) atoms. The van der Waals surface area contributed by atoms with Gasteiger partial charge >= 0.3 is 5.97 Å². The van der Waals surface area contributed by atoms with Gasteiger partial charge < -0.3 is 20.3 Å². The maximum absolute atomic E-state index is 12.5. The van der Waals surface area contributed by atoms with E-state index in [4.69, 9.17) is 4.74 Å². The lowest BCUT2D eigenvalue weighted by molar-refractivity contribution is -0.143. The van der Waals surface area contributed by atoms with Gasteiger partial charge in [0.15, 0.2) is 0 Å². The maximum atomic E-state index is 12.5. The van der Waals surface area contributed by atoms with Crippen LogP contribution in [0.1, 0.15) is 354 Å². The minimum Gasteiger partial charge on any atom is -0.466 e. The molecule has 6 heteroatoms. The van der Waals surface area contributed by atoms with Crippen molar-refractivity contribution in [1.82, 2.24) is 5.32 Å². The number of ether oxygens (including phenoxy) is 1. The number of aliphatic hydroxyl groups excluding tert-OH is 2. The van der Waals surface area contributed by atoms with Gasteiger partial charge in [0, 0.05) is 12.8 Å². The van der Waals surface area contributed by atoms with Crippen LogP contribution in [0.4, 0.5) is 0 Å². The van der Waals surface area contributed by atoms with Crippen LogP contribution in [0.5, 0.6) is 0 Å². The molecule has 0 saturated carbocycles. The van der Waals surface area contributed by atoms with Gasteiger partial charge in [-0.25, -0.2) is 0 Å². The quantitative estimate of drug-likeness (QED) is 0.0320. The average molecular weight is 1030 g/mol. The first-order valence-corrected chi connectivity index (χ1v) is 32.8. The Morgan fingerprint density at radius 2 is 0.644 bits per heavy atom. The van der Waals surface area contributed by atoms with Crippen LogP contribution in [0.2, 0.25) is 0 Å². The van der Waals surface area contributed by atoms with Crippen LogP contribution in [0.3, 0.4) is 0 Å². The van der Waals surface area contributed by atoms with Gasteiger partial charge in [0.2, 0.25) is 5.91 Å². The number of unbranched alkanes of at least 4 members (excludes halogenated alkanes) is 46. The Bertz CT molecular complexity index is 1180. The molecule has 6 nitrogen and oxygen atoms in total. The van der Waals surface area contributed by atoms with E-state index in [-0.39, 0.29) is 18.5 Å². The van der Waals surface area contributed by atoms with Gasteiger partial charge in [-0.3, -0.25) is 9.59 Å². The fraction of sp³-hybridized carbons (Fsp3) is 0.881. The molecule has 0 saturated heterocycles. The van der Waals surface area contributed by atoms with Crippen LogP contribution in [0, 0.1) is 0 Å². The van der Waals surface area contributed by atoms with E-state index >= 15 is 0 Å². The van der Waals surface area contributed by atoms with Crippen LogP contribution in [-0.2, 0) is 14.3 Å². The van der Waals surface area contributed by atoms with Crippen LogP contribution in [0.25, 0.3) is 0 Å². The average Bonchev–Trinajstić information content (AvgIpc) is 3.39. The van der Waals surface area contributed by atoms with E-state index in [0.717, 1.165) is 44.9 Å². The van der Waals surface area contributed by atoms with Crippen LogP contribution < -0.4 is 5.32 Å². The molecule has 3 N–H and O–H groups in total. The molecule has 0 heterocycles. The van der Waals surface area contributed by atoms with Crippen molar-refractivity contribution >= 4 is 11.9 Å². The lowest BCUT2D eigenvalue weighted by atomic mass is 10.0. The summed E-state index contributed by atoms with van der Waals surface area (Å²) in [5, 5.41) is 23.2. The monoisotopic (exact) mass is 1030 g/mol. The standard InChI is InChI=1S/C67H127NO5/c1-3-5-7-9-11-13-15-17-19-28-32-35-39-43-47-51-55-59-65(70)64(63-69)68-66(71)60-56-52-48-44-40-36-33-29-26-24-22-20-21-23-25-27-30-34-38-42-46-50-54-58-62-73-67(72)61-57-53-49-45-41-37-31-18-16-14-12-10-8-6-4-2/h18,22,24,31,55,59,64-65,69-70H,3-17,19-21,23,25-30,32-54,56-58,60-63H2,1-2H3,(H,68,71)/b24-22-,31-18-,59-55+. The third-order valence-corrected chi connectivity index (χ3v) is 15.1. The Labute approximate surface area is 455 Å². The molecule has 0 radical (unpaired) electrons. The summed E-state index contributed by atoms with van der Waals surface area (Å²) in [5.41, 5.74) is 0. The largest absolute Gasteiger partial charge is 0.466 e. The molecule has 2 unspecified atom stereocenters. The van der Waals surface area contributed by atoms with Gasteiger partial charge in [-0.15, -0.1) is 0 Å². The second-order valence-electron chi connectivity index (χ2n) is 22.4. The molecule has 0 spiro atoms. The summed E-state index contributed by atoms with van der Waals surface area (Å²) in [6, 6.07) is -0.632. The number of allylic oxidation sites excluding steroid dienone is 5. The number of aliphatic hydroxyl groups is 2. The van der Waals surface area contributed by atoms with E-state index in [0.29, 0.717) is 19.4 Å². The second kappa shape index (κ2) is 62.6. The summed E-state index contributed by atoms with van der Waals surface area (Å²) in [6.07, 6.45) is 79.1. The van der Waals surface area contributed by atoms with Gasteiger partial charge in [-0.1, -0.05) is 294 Å². The number of amides is 1. The first kappa shape index (κ1) is 71.1. The first-order chi connectivity index (χ1) is 36.0. The van der Waals surface area contributed by atoms with E-state index in [1.807, 2.05) is 6.08 Å². The number of carbonyl (C=O) groups excluding carboxylic acids is 2. The summed E-state index contributed by atoms with van der Waals surface area (Å²) in [5.74, 6) is -0.0663. The molecule has 0 bridgehead atoms. The highest BCUT2D eigenvalue weighted by Crippen LogP contribution is 2.17. The Kier molecular flexibility index (Phi) is 61.0.